The maximum absolute atomic E-state index is 5.50. The minimum absolute atomic E-state index is 0.389. The third-order valence-electron chi connectivity index (χ3n) is 5.60. The molecule has 1 aromatic rings. The Balaban J connectivity index is 1.49. The van der Waals surface area contributed by atoms with Gasteiger partial charge < -0.3 is 25.0 Å². The first kappa shape index (κ1) is 18.8. The van der Waals surface area contributed by atoms with Gasteiger partial charge in [0, 0.05) is 46.4 Å². The number of para-hydroxylation sites is 2. The van der Waals surface area contributed by atoms with Gasteiger partial charge >= 0.3 is 0 Å². The van der Waals surface area contributed by atoms with Crippen molar-refractivity contribution in [2.24, 2.45) is 10.4 Å². The van der Waals surface area contributed by atoms with E-state index in [0.29, 0.717) is 11.5 Å². The zero-order chi connectivity index (χ0) is 18.4. The maximum Gasteiger partial charge on any atom is 0.191 e. The Kier molecular flexibility index (Phi) is 6.25. The second kappa shape index (κ2) is 8.62. The number of guanidine groups is 1. The van der Waals surface area contributed by atoms with Crippen LogP contribution in [-0.2, 0) is 4.74 Å². The zero-order valence-electron chi connectivity index (χ0n) is 16.3. The third kappa shape index (κ3) is 4.61. The van der Waals surface area contributed by atoms with Crippen molar-refractivity contribution >= 4 is 11.6 Å². The topological polar surface area (TPSA) is 58.1 Å². The SMILES string of the molecule is CN=C(NCC1(CCOC)CC1)NC1CCN(c2ccccc2OC)C1. The van der Waals surface area contributed by atoms with Crippen molar-refractivity contribution in [1.29, 1.82) is 0 Å². The van der Waals surface area contributed by atoms with Crippen LogP contribution in [0.2, 0.25) is 0 Å². The fraction of sp³-hybridized carbons (Fsp3) is 0.650. The molecular weight excluding hydrogens is 328 g/mol. The molecule has 0 radical (unpaired) electrons. The molecule has 1 saturated carbocycles. The van der Waals surface area contributed by atoms with E-state index in [4.69, 9.17) is 9.47 Å². The molecule has 26 heavy (non-hydrogen) atoms. The van der Waals surface area contributed by atoms with E-state index in [1.165, 1.54) is 18.5 Å². The zero-order valence-corrected chi connectivity index (χ0v) is 16.3. The Labute approximate surface area is 157 Å². The molecule has 2 fully saturated rings. The van der Waals surface area contributed by atoms with E-state index >= 15 is 0 Å². The van der Waals surface area contributed by atoms with Gasteiger partial charge in [0.05, 0.1) is 12.8 Å². The molecule has 1 heterocycles. The summed E-state index contributed by atoms with van der Waals surface area (Å²) in [6.45, 7) is 3.78. The Morgan fingerprint density at radius 3 is 2.81 bits per heavy atom. The van der Waals surface area contributed by atoms with Gasteiger partial charge in [0.15, 0.2) is 5.96 Å². The lowest BCUT2D eigenvalue weighted by Gasteiger charge is -2.23. The predicted octanol–water partition coefficient (Wildman–Crippen LogP) is 2.26. The number of hydrogen-bond acceptors (Lipinski definition) is 4. The average Bonchev–Trinajstić information content (AvgIpc) is 3.31. The Morgan fingerprint density at radius 2 is 2.12 bits per heavy atom. The van der Waals surface area contributed by atoms with Crippen molar-refractivity contribution in [3.05, 3.63) is 24.3 Å². The molecule has 1 unspecified atom stereocenters. The van der Waals surface area contributed by atoms with E-state index in [1.807, 2.05) is 19.2 Å². The van der Waals surface area contributed by atoms with Crippen LogP contribution in [0.1, 0.15) is 25.7 Å². The Morgan fingerprint density at radius 1 is 1.31 bits per heavy atom. The van der Waals surface area contributed by atoms with E-state index in [2.05, 4.69) is 32.7 Å². The number of benzene rings is 1. The number of hydrogen-bond donors (Lipinski definition) is 2. The first-order valence-electron chi connectivity index (χ1n) is 9.54. The summed E-state index contributed by atoms with van der Waals surface area (Å²) in [5.41, 5.74) is 1.57. The molecule has 1 saturated heterocycles. The second-order valence-corrected chi connectivity index (χ2v) is 7.42. The molecule has 6 heteroatoms. The molecule has 0 amide bonds. The Hall–Kier alpha value is -1.95. The lowest BCUT2D eigenvalue weighted by Crippen LogP contribution is -2.46. The van der Waals surface area contributed by atoms with Crippen LogP contribution >= 0.6 is 0 Å². The number of aliphatic imine (C=N–C) groups is 1. The fourth-order valence-electron chi connectivity index (χ4n) is 3.66. The lowest BCUT2D eigenvalue weighted by atomic mass is 10.0. The summed E-state index contributed by atoms with van der Waals surface area (Å²) in [7, 11) is 5.35. The van der Waals surface area contributed by atoms with E-state index in [1.54, 1.807) is 14.2 Å². The van der Waals surface area contributed by atoms with Crippen LogP contribution in [-0.4, -0.2) is 59.5 Å². The van der Waals surface area contributed by atoms with Crippen molar-refractivity contribution in [3.63, 3.8) is 0 Å². The van der Waals surface area contributed by atoms with Crippen LogP contribution in [0, 0.1) is 5.41 Å². The largest absolute Gasteiger partial charge is 0.495 e. The van der Waals surface area contributed by atoms with E-state index < -0.39 is 0 Å². The highest BCUT2D eigenvalue weighted by atomic mass is 16.5. The summed E-state index contributed by atoms with van der Waals surface area (Å²) >= 11 is 0. The molecule has 6 nitrogen and oxygen atoms in total. The number of nitrogens with one attached hydrogen (secondary N) is 2. The number of methoxy groups -OCH3 is 2. The van der Waals surface area contributed by atoms with Gasteiger partial charge in [0.25, 0.3) is 0 Å². The first-order valence-corrected chi connectivity index (χ1v) is 9.54. The van der Waals surface area contributed by atoms with Gasteiger partial charge in [-0.15, -0.1) is 0 Å². The molecule has 0 spiro atoms. The van der Waals surface area contributed by atoms with Gasteiger partial charge in [0.2, 0.25) is 0 Å². The molecular formula is C20H32N4O2. The molecule has 1 aliphatic heterocycles. The summed E-state index contributed by atoms with van der Waals surface area (Å²) in [5, 5.41) is 7.11. The number of ether oxygens (including phenoxy) is 2. The van der Waals surface area contributed by atoms with Crippen LogP contribution in [0.4, 0.5) is 5.69 Å². The monoisotopic (exact) mass is 360 g/mol. The first-order chi connectivity index (χ1) is 12.7. The number of anilines is 1. The fourth-order valence-corrected chi connectivity index (χ4v) is 3.66. The van der Waals surface area contributed by atoms with E-state index in [0.717, 1.165) is 50.8 Å². The molecule has 1 aliphatic carbocycles. The summed E-state index contributed by atoms with van der Waals surface area (Å²) in [4.78, 5) is 6.79. The summed E-state index contributed by atoms with van der Waals surface area (Å²) in [6.07, 6.45) is 4.78. The normalized spacial score (nSPS) is 21.6. The van der Waals surface area contributed by atoms with Crippen molar-refractivity contribution in [1.82, 2.24) is 10.6 Å². The number of nitrogens with zero attached hydrogens (tertiary/aromatic N) is 2. The standard InChI is InChI=1S/C20H32N4O2/c1-21-19(22-15-20(9-10-20)11-13-25-2)23-16-8-12-24(14-16)17-6-4-5-7-18(17)26-3/h4-7,16H,8-15H2,1-3H3,(H2,21,22,23). The smallest absolute Gasteiger partial charge is 0.191 e. The van der Waals surface area contributed by atoms with Crippen LogP contribution in [0.5, 0.6) is 5.75 Å². The second-order valence-electron chi connectivity index (χ2n) is 7.42. The van der Waals surface area contributed by atoms with E-state index in [9.17, 15) is 0 Å². The molecule has 144 valence electrons. The quantitative estimate of drug-likeness (QED) is 0.550. The molecule has 1 atom stereocenters. The summed E-state index contributed by atoms with van der Waals surface area (Å²) in [6, 6.07) is 8.61. The lowest BCUT2D eigenvalue weighted by molar-refractivity contribution is 0.172. The predicted molar refractivity (Wildman–Crippen MR) is 106 cm³/mol. The van der Waals surface area contributed by atoms with Crippen molar-refractivity contribution in [2.75, 3.05) is 52.4 Å². The van der Waals surface area contributed by atoms with Crippen LogP contribution in [0.3, 0.4) is 0 Å². The molecule has 2 aliphatic rings. The summed E-state index contributed by atoms with van der Waals surface area (Å²) in [5.74, 6) is 1.84. The highest BCUT2D eigenvalue weighted by Gasteiger charge is 2.42. The van der Waals surface area contributed by atoms with Crippen LogP contribution in [0.15, 0.2) is 29.3 Å². The summed E-state index contributed by atoms with van der Waals surface area (Å²) < 4.78 is 10.7. The van der Waals surface area contributed by atoms with Crippen LogP contribution in [0.25, 0.3) is 0 Å². The maximum atomic E-state index is 5.50. The molecule has 2 N–H and O–H groups in total. The highest BCUT2D eigenvalue weighted by molar-refractivity contribution is 5.80. The van der Waals surface area contributed by atoms with Crippen LogP contribution < -0.4 is 20.3 Å². The molecule has 0 aromatic heterocycles. The van der Waals surface area contributed by atoms with Crippen molar-refractivity contribution < 1.29 is 9.47 Å². The van der Waals surface area contributed by atoms with Gasteiger partial charge in [-0.1, -0.05) is 12.1 Å². The number of rotatable bonds is 8. The Bertz CT molecular complexity index is 616. The average molecular weight is 361 g/mol. The van der Waals surface area contributed by atoms with Crippen molar-refractivity contribution in [2.45, 2.75) is 31.7 Å². The van der Waals surface area contributed by atoms with E-state index in [-0.39, 0.29) is 0 Å². The van der Waals surface area contributed by atoms with Gasteiger partial charge in [-0.2, -0.15) is 0 Å². The van der Waals surface area contributed by atoms with Gasteiger partial charge in [-0.3, -0.25) is 4.99 Å². The van der Waals surface area contributed by atoms with Gasteiger partial charge in [-0.05, 0) is 43.2 Å². The van der Waals surface area contributed by atoms with Crippen molar-refractivity contribution in [3.8, 4) is 5.75 Å². The minimum Gasteiger partial charge on any atom is -0.495 e. The molecule has 0 bridgehead atoms. The van der Waals surface area contributed by atoms with Gasteiger partial charge in [-0.25, -0.2) is 0 Å². The van der Waals surface area contributed by atoms with Gasteiger partial charge in [0.1, 0.15) is 5.75 Å². The molecule has 3 rings (SSSR count). The molecule has 1 aromatic carbocycles. The highest BCUT2D eigenvalue weighted by Crippen LogP contribution is 2.48. The third-order valence-corrected chi connectivity index (χ3v) is 5.60. The minimum atomic E-state index is 0.389.